The van der Waals surface area contributed by atoms with Gasteiger partial charge >= 0.3 is 0 Å². The van der Waals surface area contributed by atoms with Crippen molar-refractivity contribution in [2.75, 3.05) is 4.90 Å². The molecule has 8 aromatic carbocycles. The molecule has 50 heavy (non-hydrogen) atoms. The van der Waals surface area contributed by atoms with E-state index in [0.29, 0.717) is 0 Å². The first-order valence-electron chi connectivity index (χ1n) is 17.0. The van der Waals surface area contributed by atoms with Crippen LogP contribution in [-0.4, -0.2) is 0 Å². The van der Waals surface area contributed by atoms with Crippen LogP contribution in [0.15, 0.2) is 205 Å². The first-order chi connectivity index (χ1) is 24.8. The second kappa shape index (κ2) is 12.8. The van der Waals surface area contributed by atoms with Gasteiger partial charge in [-0.05, 0) is 98.8 Å². The number of para-hydroxylation sites is 1. The molecular formula is C48H33NO. The van der Waals surface area contributed by atoms with E-state index in [2.05, 4.69) is 187 Å². The van der Waals surface area contributed by atoms with Crippen LogP contribution >= 0.6 is 0 Å². The lowest BCUT2D eigenvalue weighted by molar-refractivity contribution is 0.631. The number of nitrogens with zero attached hydrogens (tertiary/aromatic N) is 1. The summed E-state index contributed by atoms with van der Waals surface area (Å²) in [6.45, 7) is 0. The van der Waals surface area contributed by atoms with E-state index in [1.165, 1.54) is 44.2 Å². The van der Waals surface area contributed by atoms with Crippen molar-refractivity contribution in [3.63, 3.8) is 0 Å². The Morgan fingerprint density at radius 3 is 1.64 bits per heavy atom. The summed E-state index contributed by atoms with van der Waals surface area (Å²) in [6, 6.07) is 71.1. The van der Waals surface area contributed by atoms with Crippen LogP contribution in [0.3, 0.4) is 0 Å². The highest BCUT2D eigenvalue weighted by molar-refractivity contribution is 5.97. The van der Waals surface area contributed by atoms with Crippen LogP contribution in [0.4, 0.5) is 17.1 Å². The van der Waals surface area contributed by atoms with E-state index in [0.717, 1.165) is 39.4 Å². The Morgan fingerprint density at radius 2 is 0.880 bits per heavy atom. The number of rotatable bonds is 7. The smallest absolute Gasteiger partial charge is 0.135 e. The molecule has 0 atom stereocenters. The number of furan rings is 1. The Balaban J connectivity index is 1.12. The molecule has 0 aliphatic rings. The molecule has 0 radical (unpaired) electrons. The number of hydrogen-bond acceptors (Lipinski definition) is 2. The zero-order chi connectivity index (χ0) is 33.3. The fraction of sp³-hybridized carbons (Fsp3) is 0. The van der Waals surface area contributed by atoms with Gasteiger partial charge in [0.1, 0.15) is 11.3 Å². The van der Waals surface area contributed by atoms with Crippen molar-refractivity contribution in [1.29, 1.82) is 0 Å². The number of fused-ring (bicyclic) bond motifs is 2. The van der Waals surface area contributed by atoms with Gasteiger partial charge in [-0.15, -0.1) is 0 Å². The minimum Gasteiger partial charge on any atom is -0.456 e. The Kier molecular flexibility index (Phi) is 7.53. The molecule has 2 nitrogen and oxygen atoms in total. The zero-order valence-electron chi connectivity index (χ0n) is 27.4. The van der Waals surface area contributed by atoms with Crippen molar-refractivity contribution in [2.45, 2.75) is 0 Å². The second-order valence-corrected chi connectivity index (χ2v) is 12.6. The van der Waals surface area contributed by atoms with Gasteiger partial charge in [0.05, 0.1) is 0 Å². The van der Waals surface area contributed by atoms with Crippen molar-refractivity contribution < 1.29 is 4.42 Å². The number of benzene rings is 8. The van der Waals surface area contributed by atoms with Gasteiger partial charge < -0.3 is 9.32 Å². The predicted octanol–water partition coefficient (Wildman–Crippen LogP) is 13.7. The van der Waals surface area contributed by atoms with E-state index >= 15 is 0 Å². The van der Waals surface area contributed by atoms with Crippen molar-refractivity contribution in [1.82, 2.24) is 0 Å². The first-order valence-corrected chi connectivity index (χ1v) is 17.0. The van der Waals surface area contributed by atoms with Gasteiger partial charge in [-0.3, -0.25) is 0 Å². The molecule has 236 valence electrons. The molecule has 0 saturated carbocycles. The van der Waals surface area contributed by atoms with Gasteiger partial charge in [0.15, 0.2) is 0 Å². The molecule has 0 bridgehead atoms. The van der Waals surface area contributed by atoms with Crippen LogP contribution < -0.4 is 4.90 Å². The third kappa shape index (κ3) is 5.63. The van der Waals surface area contributed by atoms with E-state index in [1.54, 1.807) is 0 Å². The fourth-order valence-electron chi connectivity index (χ4n) is 6.95. The second-order valence-electron chi connectivity index (χ2n) is 12.6. The minimum atomic E-state index is 0.855. The molecule has 0 fully saturated rings. The molecular weight excluding hydrogens is 607 g/mol. The van der Waals surface area contributed by atoms with Crippen LogP contribution in [0.25, 0.3) is 66.4 Å². The molecule has 0 N–H and O–H groups in total. The summed E-state index contributed by atoms with van der Waals surface area (Å²) < 4.78 is 6.29. The van der Waals surface area contributed by atoms with Crippen LogP contribution in [-0.2, 0) is 0 Å². The van der Waals surface area contributed by atoms with Gasteiger partial charge in [-0.1, -0.05) is 146 Å². The third-order valence-electron chi connectivity index (χ3n) is 9.47. The summed E-state index contributed by atoms with van der Waals surface area (Å²) in [5.74, 6) is 0.855. The Hall–Kier alpha value is -6.64. The molecule has 0 unspecified atom stereocenters. The maximum absolute atomic E-state index is 6.29. The molecule has 1 aromatic heterocycles. The van der Waals surface area contributed by atoms with Gasteiger partial charge in [0, 0.05) is 28.0 Å². The largest absolute Gasteiger partial charge is 0.456 e. The lowest BCUT2D eigenvalue weighted by Crippen LogP contribution is -2.10. The molecule has 0 amide bonds. The average Bonchev–Trinajstić information content (AvgIpc) is 3.64. The van der Waals surface area contributed by atoms with Crippen molar-refractivity contribution in [2.24, 2.45) is 0 Å². The minimum absolute atomic E-state index is 0.855. The molecule has 9 aromatic rings. The molecule has 0 spiro atoms. The highest BCUT2D eigenvalue weighted by atomic mass is 16.3. The van der Waals surface area contributed by atoms with Crippen molar-refractivity contribution >= 4 is 38.8 Å². The fourth-order valence-corrected chi connectivity index (χ4v) is 6.95. The zero-order valence-corrected chi connectivity index (χ0v) is 27.4. The van der Waals surface area contributed by atoms with Crippen molar-refractivity contribution in [3.8, 4) is 44.7 Å². The summed E-state index contributed by atoms with van der Waals surface area (Å²) in [6.07, 6.45) is 0. The summed E-state index contributed by atoms with van der Waals surface area (Å²) >= 11 is 0. The van der Waals surface area contributed by atoms with Crippen LogP contribution in [0.5, 0.6) is 0 Å². The average molecular weight is 640 g/mol. The van der Waals surface area contributed by atoms with Gasteiger partial charge in [0.25, 0.3) is 0 Å². The molecule has 0 aliphatic carbocycles. The molecule has 9 rings (SSSR count). The summed E-state index contributed by atoms with van der Waals surface area (Å²) in [4.78, 5) is 2.32. The van der Waals surface area contributed by atoms with E-state index < -0.39 is 0 Å². The van der Waals surface area contributed by atoms with E-state index in [9.17, 15) is 0 Å². The highest BCUT2D eigenvalue weighted by Gasteiger charge is 2.16. The van der Waals surface area contributed by atoms with Gasteiger partial charge in [-0.2, -0.15) is 0 Å². The number of hydrogen-bond donors (Lipinski definition) is 0. The quantitative estimate of drug-likeness (QED) is 0.173. The first kappa shape index (κ1) is 29.5. The summed E-state index contributed by atoms with van der Waals surface area (Å²) in [5, 5.41) is 3.60. The summed E-state index contributed by atoms with van der Waals surface area (Å²) in [5.41, 5.74) is 12.3. The molecule has 0 saturated heterocycles. The standard InChI is InChI=1S/C48H33NO/c1-2-11-34(12-3-1)38-16-8-17-39(31-38)35-23-27-42(28-24-35)49(44-19-9-18-40(32-44)48-33-41-14-5-7-22-47(41)50-48)43-29-25-37(26-30-43)46-21-10-15-36-13-4-6-20-45(36)46/h1-33H. The monoisotopic (exact) mass is 639 g/mol. The highest BCUT2D eigenvalue weighted by Crippen LogP contribution is 2.40. The van der Waals surface area contributed by atoms with E-state index in [4.69, 9.17) is 4.42 Å². The van der Waals surface area contributed by atoms with Gasteiger partial charge in [0.2, 0.25) is 0 Å². The molecule has 2 heteroatoms. The predicted molar refractivity (Wildman–Crippen MR) is 210 cm³/mol. The van der Waals surface area contributed by atoms with Gasteiger partial charge in [-0.25, -0.2) is 0 Å². The molecule has 0 aliphatic heterocycles. The van der Waals surface area contributed by atoms with Crippen LogP contribution in [0.1, 0.15) is 0 Å². The molecule has 1 heterocycles. The third-order valence-corrected chi connectivity index (χ3v) is 9.47. The maximum atomic E-state index is 6.29. The number of anilines is 3. The van der Waals surface area contributed by atoms with E-state index in [1.807, 2.05) is 18.2 Å². The van der Waals surface area contributed by atoms with Crippen LogP contribution in [0.2, 0.25) is 0 Å². The Morgan fingerprint density at radius 1 is 0.320 bits per heavy atom. The summed E-state index contributed by atoms with van der Waals surface area (Å²) in [7, 11) is 0. The van der Waals surface area contributed by atoms with E-state index in [-0.39, 0.29) is 0 Å². The SMILES string of the molecule is c1ccc(-c2cccc(-c3ccc(N(c4ccc(-c5cccc6ccccc56)cc4)c4cccc(-c5cc6ccccc6o5)c4)cc3)c2)cc1. The normalized spacial score (nSPS) is 11.2. The topological polar surface area (TPSA) is 16.4 Å². The Bertz CT molecular complexity index is 2540. The lowest BCUT2D eigenvalue weighted by Gasteiger charge is -2.26. The van der Waals surface area contributed by atoms with Crippen LogP contribution in [0, 0.1) is 0 Å². The maximum Gasteiger partial charge on any atom is 0.135 e. The van der Waals surface area contributed by atoms with Crippen molar-refractivity contribution in [3.05, 3.63) is 200 Å². The Labute approximate surface area is 292 Å². The lowest BCUT2D eigenvalue weighted by atomic mass is 9.97.